The second kappa shape index (κ2) is 4.81. The molecule has 0 aliphatic rings. The van der Waals surface area contributed by atoms with Crippen molar-refractivity contribution < 1.29 is 9.53 Å². The maximum absolute atomic E-state index is 12.1. The summed E-state index contributed by atoms with van der Waals surface area (Å²) in [6.45, 7) is 5.39. The number of pyridine rings is 1. The van der Waals surface area contributed by atoms with Gasteiger partial charge in [0, 0.05) is 22.1 Å². The van der Waals surface area contributed by atoms with Crippen LogP contribution in [0.4, 0.5) is 4.79 Å². The van der Waals surface area contributed by atoms with Crippen molar-refractivity contribution in [3.63, 3.8) is 0 Å². The van der Waals surface area contributed by atoms with Crippen LogP contribution in [0.15, 0.2) is 39.7 Å². The van der Waals surface area contributed by atoms with Crippen molar-refractivity contribution in [3.05, 3.63) is 45.2 Å². The number of hydrogen-bond donors (Lipinski definition) is 0. The molecule has 0 spiro atoms. The first-order valence-electron chi connectivity index (χ1n) is 5.82. The molecule has 2 rings (SSSR count). The highest BCUT2D eigenvalue weighted by atomic mass is 79.9. The molecule has 0 unspecified atom stereocenters. The summed E-state index contributed by atoms with van der Waals surface area (Å²) in [5.74, 6) is 0. The van der Waals surface area contributed by atoms with Gasteiger partial charge in [0.25, 0.3) is 0 Å². The van der Waals surface area contributed by atoms with Gasteiger partial charge in [0.2, 0.25) is 0 Å². The number of hydrogen-bond acceptors (Lipinski definition) is 3. The van der Waals surface area contributed by atoms with E-state index < -0.39 is 11.7 Å². The SMILES string of the molecule is CC(C)(C)OC(=O)n1ccc(=O)c2ccc(Br)cc21. The van der Waals surface area contributed by atoms with Crippen LogP contribution in [0, 0.1) is 0 Å². The fourth-order valence-corrected chi connectivity index (χ4v) is 2.04. The van der Waals surface area contributed by atoms with Crippen LogP contribution in [0.2, 0.25) is 0 Å². The second-order valence-corrected chi connectivity index (χ2v) is 6.11. The topological polar surface area (TPSA) is 48.3 Å². The Balaban J connectivity index is 2.61. The van der Waals surface area contributed by atoms with Crippen LogP contribution >= 0.6 is 15.9 Å². The van der Waals surface area contributed by atoms with E-state index in [4.69, 9.17) is 4.74 Å². The average Bonchev–Trinajstić information content (AvgIpc) is 2.26. The smallest absolute Gasteiger partial charge is 0.418 e. The Kier molecular flexibility index (Phi) is 3.49. The Bertz CT molecular complexity index is 698. The summed E-state index contributed by atoms with van der Waals surface area (Å²) in [7, 11) is 0. The summed E-state index contributed by atoms with van der Waals surface area (Å²) in [5.41, 5.74) is -0.183. The molecule has 0 N–H and O–H groups in total. The van der Waals surface area contributed by atoms with Crippen LogP contribution in [-0.4, -0.2) is 16.3 Å². The molecule has 1 aromatic carbocycles. The van der Waals surface area contributed by atoms with E-state index in [0.29, 0.717) is 10.9 Å². The zero-order valence-corrected chi connectivity index (χ0v) is 12.5. The summed E-state index contributed by atoms with van der Waals surface area (Å²) in [5, 5.41) is 0.483. The highest BCUT2D eigenvalue weighted by Crippen LogP contribution is 2.18. The van der Waals surface area contributed by atoms with Gasteiger partial charge in [-0.2, -0.15) is 0 Å². The van der Waals surface area contributed by atoms with Gasteiger partial charge in [0.05, 0.1) is 5.52 Å². The lowest BCUT2D eigenvalue weighted by molar-refractivity contribution is 0.0543. The van der Waals surface area contributed by atoms with E-state index in [1.165, 1.54) is 16.8 Å². The number of fused-ring (bicyclic) bond motifs is 1. The predicted molar refractivity (Wildman–Crippen MR) is 77.5 cm³/mol. The number of halogens is 1. The third kappa shape index (κ3) is 3.04. The van der Waals surface area contributed by atoms with E-state index in [-0.39, 0.29) is 5.43 Å². The number of carbonyl (C=O) groups excluding carboxylic acids is 1. The first kappa shape index (κ1) is 13.8. The first-order chi connectivity index (χ1) is 8.78. The van der Waals surface area contributed by atoms with Crippen LogP contribution in [0.25, 0.3) is 10.9 Å². The molecule has 0 fully saturated rings. The van der Waals surface area contributed by atoms with Crippen LogP contribution in [0.5, 0.6) is 0 Å². The molecule has 1 heterocycles. The molecule has 0 atom stereocenters. The van der Waals surface area contributed by atoms with Gasteiger partial charge in [-0.05, 0) is 39.0 Å². The highest BCUT2D eigenvalue weighted by Gasteiger charge is 2.18. The van der Waals surface area contributed by atoms with E-state index in [2.05, 4.69) is 15.9 Å². The van der Waals surface area contributed by atoms with E-state index in [1.807, 2.05) is 0 Å². The van der Waals surface area contributed by atoms with Gasteiger partial charge in [0.15, 0.2) is 5.43 Å². The third-order valence-corrected chi connectivity index (χ3v) is 2.94. The standard InChI is InChI=1S/C14H14BrNO3/c1-14(2,3)19-13(18)16-7-6-12(17)10-5-4-9(15)8-11(10)16/h4-8H,1-3H3. The average molecular weight is 324 g/mol. The minimum atomic E-state index is -0.585. The van der Waals surface area contributed by atoms with Gasteiger partial charge in [-0.3, -0.25) is 9.36 Å². The summed E-state index contributed by atoms with van der Waals surface area (Å²) in [6, 6.07) is 6.53. The van der Waals surface area contributed by atoms with Gasteiger partial charge in [-0.15, -0.1) is 0 Å². The van der Waals surface area contributed by atoms with Crippen molar-refractivity contribution in [2.75, 3.05) is 0 Å². The third-order valence-electron chi connectivity index (χ3n) is 2.45. The van der Waals surface area contributed by atoms with Gasteiger partial charge < -0.3 is 4.74 Å². The number of carbonyl (C=O) groups is 1. The van der Waals surface area contributed by atoms with Crippen molar-refractivity contribution in [1.82, 2.24) is 4.57 Å². The minimum Gasteiger partial charge on any atom is -0.443 e. The minimum absolute atomic E-state index is 0.123. The van der Waals surface area contributed by atoms with E-state index in [9.17, 15) is 9.59 Å². The maximum Gasteiger partial charge on any atom is 0.418 e. The quantitative estimate of drug-likeness (QED) is 0.745. The van der Waals surface area contributed by atoms with E-state index in [1.54, 1.807) is 39.0 Å². The van der Waals surface area contributed by atoms with Crippen LogP contribution in [-0.2, 0) is 4.74 Å². The molecule has 100 valence electrons. The lowest BCUT2D eigenvalue weighted by atomic mass is 10.2. The summed E-state index contributed by atoms with van der Waals surface area (Å²) < 4.78 is 7.45. The lowest BCUT2D eigenvalue weighted by Gasteiger charge is -2.20. The van der Waals surface area contributed by atoms with E-state index >= 15 is 0 Å². The normalized spacial score (nSPS) is 11.6. The summed E-state index contributed by atoms with van der Waals surface area (Å²) in [6.07, 6.45) is 0.932. The van der Waals surface area contributed by atoms with Gasteiger partial charge in [0.1, 0.15) is 5.60 Å². The molecule has 1 aromatic heterocycles. The van der Waals surface area contributed by atoms with Crippen molar-refractivity contribution in [3.8, 4) is 0 Å². The fraction of sp³-hybridized carbons (Fsp3) is 0.286. The van der Waals surface area contributed by atoms with Gasteiger partial charge in [-0.1, -0.05) is 15.9 Å². The molecule has 0 aliphatic carbocycles. The van der Waals surface area contributed by atoms with Crippen molar-refractivity contribution in [2.45, 2.75) is 26.4 Å². The Morgan fingerprint density at radius 3 is 2.58 bits per heavy atom. The van der Waals surface area contributed by atoms with Crippen molar-refractivity contribution in [2.24, 2.45) is 0 Å². The van der Waals surface area contributed by atoms with Crippen molar-refractivity contribution in [1.29, 1.82) is 0 Å². The second-order valence-electron chi connectivity index (χ2n) is 5.19. The largest absolute Gasteiger partial charge is 0.443 e. The molecule has 0 amide bonds. The van der Waals surface area contributed by atoms with Gasteiger partial charge >= 0.3 is 6.09 Å². The summed E-state index contributed by atoms with van der Waals surface area (Å²) >= 11 is 3.33. The van der Waals surface area contributed by atoms with Gasteiger partial charge in [-0.25, -0.2) is 4.79 Å². The molecule has 0 saturated heterocycles. The predicted octanol–water partition coefficient (Wildman–Crippen LogP) is 3.55. The monoisotopic (exact) mass is 323 g/mol. The number of benzene rings is 1. The Labute approximate surface area is 119 Å². The number of aromatic nitrogens is 1. The zero-order chi connectivity index (χ0) is 14.2. The Morgan fingerprint density at radius 2 is 1.95 bits per heavy atom. The molecule has 4 nitrogen and oxygen atoms in total. The molecule has 19 heavy (non-hydrogen) atoms. The zero-order valence-electron chi connectivity index (χ0n) is 10.9. The molecule has 5 heteroatoms. The molecular weight excluding hydrogens is 310 g/mol. The Hall–Kier alpha value is -1.62. The van der Waals surface area contributed by atoms with E-state index in [0.717, 1.165) is 4.47 Å². The fourth-order valence-electron chi connectivity index (χ4n) is 1.70. The molecular formula is C14H14BrNO3. The first-order valence-corrected chi connectivity index (χ1v) is 6.61. The number of nitrogens with zero attached hydrogens (tertiary/aromatic N) is 1. The number of rotatable bonds is 0. The van der Waals surface area contributed by atoms with Crippen LogP contribution in [0.3, 0.4) is 0 Å². The maximum atomic E-state index is 12.1. The molecule has 0 saturated carbocycles. The molecule has 0 bridgehead atoms. The summed E-state index contributed by atoms with van der Waals surface area (Å²) in [4.78, 5) is 23.9. The molecule has 0 aliphatic heterocycles. The lowest BCUT2D eigenvalue weighted by Crippen LogP contribution is -2.28. The van der Waals surface area contributed by atoms with Crippen molar-refractivity contribution >= 4 is 32.9 Å². The highest BCUT2D eigenvalue weighted by molar-refractivity contribution is 9.10. The van der Waals surface area contributed by atoms with Crippen LogP contribution < -0.4 is 5.43 Å². The molecule has 2 aromatic rings. The van der Waals surface area contributed by atoms with Crippen LogP contribution in [0.1, 0.15) is 20.8 Å². The Morgan fingerprint density at radius 1 is 1.26 bits per heavy atom. The molecule has 0 radical (unpaired) electrons. The number of ether oxygens (including phenoxy) is 1.